The second-order valence-electron chi connectivity index (χ2n) is 10.9. The number of pyridine rings is 1. The molecule has 202 valence electrons. The largest absolute Gasteiger partial charge is 0.360 e. The molecule has 0 bridgehead atoms. The standard InChI is InChI=1S/C29H34N8OS/c1-5-39-21-11-10-20(30-13-21)12-31-27-29(38)37(17(4)16(2)3)28-22(35-27)14-32-26(36-28)23-24(18-6-7-18)33-15-34-25(23)19-8-9-19/h10-11,13-19H,5-9,12H2,1-4H3,(H,31,35)/t17-/m1/s1. The highest BCUT2D eigenvalue weighted by molar-refractivity contribution is 7.99. The molecule has 0 amide bonds. The molecule has 0 aliphatic heterocycles. The van der Waals surface area contributed by atoms with Crippen molar-refractivity contribution >= 4 is 28.7 Å². The summed E-state index contributed by atoms with van der Waals surface area (Å²) < 4.78 is 1.77. The van der Waals surface area contributed by atoms with E-state index >= 15 is 0 Å². The summed E-state index contributed by atoms with van der Waals surface area (Å²) in [7, 11) is 0. The Labute approximate surface area is 232 Å². The highest BCUT2D eigenvalue weighted by atomic mass is 32.2. The number of fused-ring (bicyclic) bond motifs is 1. The van der Waals surface area contributed by atoms with Gasteiger partial charge in [-0.05, 0) is 56.4 Å². The van der Waals surface area contributed by atoms with Gasteiger partial charge in [0.2, 0.25) is 0 Å². The molecule has 1 N–H and O–H groups in total. The molecular formula is C29H34N8OS. The number of nitrogens with zero attached hydrogens (tertiary/aromatic N) is 7. The molecular weight excluding hydrogens is 508 g/mol. The maximum Gasteiger partial charge on any atom is 0.295 e. The summed E-state index contributed by atoms with van der Waals surface area (Å²) >= 11 is 1.75. The van der Waals surface area contributed by atoms with Gasteiger partial charge in [0.05, 0.1) is 35.4 Å². The van der Waals surface area contributed by atoms with Gasteiger partial charge in [-0.15, -0.1) is 11.8 Å². The molecule has 0 spiro atoms. The summed E-state index contributed by atoms with van der Waals surface area (Å²) in [6.45, 7) is 8.79. The Hall–Kier alpha value is -3.40. The number of hydrogen-bond donors (Lipinski definition) is 1. The van der Waals surface area contributed by atoms with Crippen LogP contribution in [0.3, 0.4) is 0 Å². The predicted molar refractivity (Wildman–Crippen MR) is 154 cm³/mol. The molecule has 1 atom stereocenters. The van der Waals surface area contributed by atoms with Crippen LogP contribution in [0.5, 0.6) is 0 Å². The van der Waals surface area contributed by atoms with Gasteiger partial charge in [0.25, 0.3) is 5.56 Å². The van der Waals surface area contributed by atoms with Crippen molar-refractivity contribution in [3.8, 4) is 11.4 Å². The lowest BCUT2D eigenvalue weighted by atomic mass is 10.0. The first-order valence-corrected chi connectivity index (χ1v) is 14.9. The quantitative estimate of drug-likeness (QED) is 0.251. The number of hydrogen-bond acceptors (Lipinski definition) is 9. The fourth-order valence-electron chi connectivity index (χ4n) is 4.83. The van der Waals surface area contributed by atoms with E-state index in [0.29, 0.717) is 35.4 Å². The van der Waals surface area contributed by atoms with Crippen molar-refractivity contribution in [2.45, 2.75) is 82.7 Å². The summed E-state index contributed by atoms with van der Waals surface area (Å²) in [4.78, 5) is 43.3. The first kappa shape index (κ1) is 25.9. The fourth-order valence-corrected chi connectivity index (χ4v) is 5.45. The molecule has 39 heavy (non-hydrogen) atoms. The highest BCUT2D eigenvalue weighted by Crippen LogP contribution is 2.48. The smallest absolute Gasteiger partial charge is 0.295 e. The molecule has 2 aliphatic carbocycles. The van der Waals surface area contributed by atoms with Crippen LogP contribution in [0.1, 0.15) is 88.3 Å². The lowest BCUT2D eigenvalue weighted by Gasteiger charge is -2.22. The van der Waals surface area contributed by atoms with Gasteiger partial charge in [0.1, 0.15) is 11.8 Å². The summed E-state index contributed by atoms with van der Waals surface area (Å²) in [5, 5.41) is 3.23. The monoisotopic (exact) mass is 542 g/mol. The van der Waals surface area contributed by atoms with Gasteiger partial charge in [0.15, 0.2) is 17.3 Å². The van der Waals surface area contributed by atoms with E-state index in [0.717, 1.165) is 59.0 Å². The van der Waals surface area contributed by atoms with Gasteiger partial charge in [-0.2, -0.15) is 0 Å². The number of rotatable bonds is 10. The first-order valence-electron chi connectivity index (χ1n) is 13.9. The molecule has 6 rings (SSSR count). The highest BCUT2D eigenvalue weighted by Gasteiger charge is 2.35. The fraction of sp³-hybridized carbons (Fsp3) is 0.483. The van der Waals surface area contributed by atoms with Gasteiger partial charge in [-0.25, -0.2) is 24.9 Å². The van der Waals surface area contributed by atoms with E-state index in [4.69, 9.17) is 9.97 Å². The Balaban J connectivity index is 1.42. The van der Waals surface area contributed by atoms with Gasteiger partial charge >= 0.3 is 0 Å². The van der Waals surface area contributed by atoms with E-state index in [-0.39, 0.29) is 23.3 Å². The van der Waals surface area contributed by atoms with Crippen molar-refractivity contribution in [3.05, 3.63) is 58.3 Å². The Bertz CT molecular complexity index is 1530. The lowest BCUT2D eigenvalue weighted by molar-refractivity contribution is 0.406. The second-order valence-corrected chi connectivity index (χ2v) is 12.2. The van der Waals surface area contributed by atoms with E-state index in [1.165, 1.54) is 0 Å². The summed E-state index contributed by atoms with van der Waals surface area (Å²) in [6, 6.07) is 3.94. The zero-order valence-electron chi connectivity index (χ0n) is 22.9. The van der Waals surface area contributed by atoms with E-state index in [1.54, 1.807) is 28.9 Å². The van der Waals surface area contributed by atoms with Gasteiger partial charge in [-0.3, -0.25) is 14.3 Å². The number of anilines is 1. The molecule has 9 nitrogen and oxygen atoms in total. The van der Waals surface area contributed by atoms with Crippen LogP contribution >= 0.6 is 11.8 Å². The molecule has 0 saturated heterocycles. The van der Waals surface area contributed by atoms with Crippen LogP contribution in [0.25, 0.3) is 22.6 Å². The van der Waals surface area contributed by atoms with Crippen LogP contribution < -0.4 is 10.9 Å². The van der Waals surface area contributed by atoms with Gasteiger partial charge < -0.3 is 5.32 Å². The summed E-state index contributed by atoms with van der Waals surface area (Å²) in [5.41, 5.74) is 4.81. The van der Waals surface area contributed by atoms with Crippen molar-refractivity contribution in [1.29, 1.82) is 0 Å². The maximum absolute atomic E-state index is 13.8. The first-order chi connectivity index (χ1) is 18.9. The maximum atomic E-state index is 13.8. The topological polar surface area (TPSA) is 111 Å². The number of thioether (sulfide) groups is 1. The molecule has 4 aromatic heterocycles. The SMILES string of the molecule is CCSc1ccc(CNc2nc3cnc(-c4c(C5CC5)ncnc4C4CC4)nc3n([C@H](C)C(C)C)c2=O)nc1. The molecule has 2 fully saturated rings. The third-order valence-corrected chi connectivity index (χ3v) is 8.47. The number of aromatic nitrogens is 7. The van der Waals surface area contributed by atoms with Gasteiger partial charge in [0, 0.05) is 29.0 Å². The molecule has 10 heteroatoms. The minimum atomic E-state index is -0.194. The lowest BCUT2D eigenvalue weighted by Crippen LogP contribution is -2.30. The zero-order chi connectivity index (χ0) is 27.1. The average Bonchev–Trinajstić information content (AvgIpc) is 3.86. The molecule has 0 aromatic carbocycles. The molecule has 4 aromatic rings. The third kappa shape index (κ3) is 5.26. The van der Waals surface area contributed by atoms with Gasteiger partial charge in [-0.1, -0.05) is 20.8 Å². The van der Waals surface area contributed by atoms with Crippen molar-refractivity contribution in [2.24, 2.45) is 5.92 Å². The van der Waals surface area contributed by atoms with Crippen LogP contribution in [0.2, 0.25) is 0 Å². The number of nitrogens with one attached hydrogen (secondary N) is 1. The second kappa shape index (κ2) is 10.6. The molecule has 2 saturated carbocycles. The minimum Gasteiger partial charge on any atom is -0.360 e. The van der Waals surface area contributed by atoms with Crippen LogP contribution in [0.4, 0.5) is 5.82 Å². The predicted octanol–water partition coefficient (Wildman–Crippen LogP) is 5.73. The Kier molecular flexibility index (Phi) is 7.05. The van der Waals surface area contributed by atoms with E-state index in [1.807, 2.05) is 12.3 Å². The molecule has 0 radical (unpaired) electrons. The normalized spacial score (nSPS) is 16.1. The molecule has 4 heterocycles. The average molecular weight is 543 g/mol. The van der Waals surface area contributed by atoms with Crippen LogP contribution in [0, 0.1) is 5.92 Å². The molecule has 2 aliphatic rings. The summed E-state index contributed by atoms with van der Waals surface area (Å²) in [5.74, 6) is 2.95. The van der Waals surface area contributed by atoms with Crippen molar-refractivity contribution in [2.75, 3.05) is 11.1 Å². The van der Waals surface area contributed by atoms with Crippen LogP contribution in [-0.4, -0.2) is 40.2 Å². The van der Waals surface area contributed by atoms with Crippen LogP contribution in [0.15, 0.2) is 40.5 Å². The van der Waals surface area contributed by atoms with Crippen molar-refractivity contribution in [1.82, 2.24) is 34.5 Å². The Morgan fingerprint density at radius 3 is 2.28 bits per heavy atom. The Morgan fingerprint density at radius 1 is 0.974 bits per heavy atom. The van der Waals surface area contributed by atoms with E-state index < -0.39 is 0 Å². The van der Waals surface area contributed by atoms with Crippen molar-refractivity contribution < 1.29 is 0 Å². The van der Waals surface area contributed by atoms with Crippen molar-refractivity contribution in [3.63, 3.8) is 0 Å². The molecule has 0 unspecified atom stereocenters. The summed E-state index contributed by atoms with van der Waals surface area (Å²) in [6.07, 6.45) is 9.80. The van der Waals surface area contributed by atoms with E-state index in [9.17, 15) is 4.79 Å². The van der Waals surface area contributed by atoms with Crippen LogP contribution in [-0.2, 0) is 6.54 Å². The zero-order valence-corrected chi connectivity index (χ0v) is 23.7. The Morgan fingerprint density at radius 2 is 1.69 bits per heavy atom. The minimum absolute atomic E-state index is 0.0902. The van der Waals surface area contributed by atoms with E-state index in [2.05, 4.69) is 59.0 Å². The third-order valence-electron chi connectivity index (χ3n) is 7.61.